The van der Waals surface area contributed by atoms with E-state index in [9.17, 15) is 19.2 Å². The number of benzene rings is 1. The van der Waals surface area contributed by atoms with Gasteiger partial charge in [-0.2, -0.15) is 0 Å². The van der Waals surface area contributed by atoms with Crippen molar-refractivity contribution in [1.29, 1.82) is 0 Å². The van der Waals surface area contributed by atoms with Crippen molar-refractivity contribution < 1.29 is 19.2 Å². The lowest BCUT2D eigenvalue weighted by molar-refractivity contribution is -0.143. The first-order chi connectivity index (χ1) is 17.0. The summed E-state index contributed by atoms with van der Waals surface area (Å²) >= 11 is 0. The molecular weight excluding hydrogens is 442 g/mol. The maximum absolute atomic E-state index is 13.4. The van der Waals surface area contributed by atoms with Gasteiger partial charge in [0, 0.05) is 25.6 Å². The minimum atomic E-state index is -0.620. The summed E-state index contributed by atoms with van der Waals surface area (Å²) in [4.78, 5) is 54.9. The van der Waals surface area contributed by atoms with Crippen molar-refractivity contribution in [3.63, 3.8) is 0 Å². The maximum atomic E-state index is 13.4. The number of imide groups is 1. The normalized spacial score (nSPS) is 23.2. The van der Waals surface area contributed by atoms with Crippen LogP contribution in [0, 0.1) is 11.8 Å². The Kier molecular flexibility index (Phi) is 8.37. The van der Waals surface area contributed by atoms with E-state index in [1.807, 2.05) is 42.5 Å². The van der Waals surface area contributed by atoms with Gasteiger partial charge in [-0.1, -0.05) is 61.7 Å². The molecule has 1 heterocycles. The van der Waals surface area contributed by atoms with Crippen molar-refractivity contribution >= 4 is 23.6 Å². The summed E-state index contributed by atoms with van der Waals surface area (Å²) in [5.74, 6) is -1.27. The van der Waals surface area contributed by atoms with Crippen LogP contribution in [0.2, 0.25) is 0 Å². The van der Waals surface area contributed by atoms with Crippen LogP contribution in [-0.2, 0) is 25.6 Å². The van der Waals surface area contributed by atoms with E-state index in [1.54, 1.807) is 11.8 Å². The lowest BCUT2D eigenvalue weighted by Gasteiger charge is -2.31. The summed E-state index contributed by atoms with van der Waals surface area (Å²) in [6.45, 7) is 2.24. The van der Waals surface area contributed by atoms with E-state index in [1.165, 1.54) is 11.3 Å². The van der Waals surface area contributed by atoms with Gasteiger partial charge in [0.1, 0.15) is 6.04 Å². The highest BCUT2D eigenvalue weighted by Crippen LogP contribution is 2.35. The topological polar surface area (TPSA) is 86.8 Å². The number of nitrogens with one attached hydrogen (secondary N) is 1. The molecule has 1 N–H and O–H groups in total. The Balaban J connectivity index is 1.40. The fraction of sp³-hybridized carbons (Fsp3) is 0.571. The van der Waals surface area contributed by atoms with Gasteiger partial charge in [-0.15, -0.1) is 0 Å². The third kappa shape index (κ3) is 6.00. The molecule has 35 heavy (non-hydrogen) atoms. The molecule has 0 bridgehead atoms. The highest BCUT2D eigenvalue weighted by molar-refractivity contribution is 6.05. The van der Waals surface area contributed by atoms with E-state index in [0.717, 1.165) is 31.2 Å². The van der Waals surface area contributed by atoms with Crippen LogP contribution in [0.5, 0.6) is 0 Å². The summed E-state index contributed by atoms with van der Waals surface area (Å²) in [5.41, 5.74) is 1.09. The molecule has 0 radical (unpaired) electrons. The Morgan fingerprint density at radius 3 is 2.26 bits per heavy atom. The van der Waals surface area contributed by atoms with Crippen molar-refractivity contribution in [3.05, 3.63) is 48.0 Å². The quantitative estimate of drug-likeness (QED) is 0.435. The van der Waals surface area contributed by atoms with E-state index in [2.05, 4.69) is 5.32 Å². The Bertz CT molecular complexity index is 928. The van der Waals surface area contributed by atoms with Gasteiger partial charge in [0.25, 0.3) is 0 Å². The number of carbonyl (C=O) groups excluding carboxylic acids is 4. The third-order valence-corrected chi connectivity index (χ3v) is 7.75. The molecule has 1 saturated heterocycles. The van der Waals surface area contributed by atoms with Gasteiger partial charge in [-0.25, -0.2) is 0 Å². The number of amides is 4. The standard InChI is InChI=1S/C28H37N3O4/c1-20(26(33)29-22-12-6-3-7-13-22)30(18-16-21-10-4-2-5-11-21)25(32)17-19-31-27(34)23-14-8-9-15-24(23)28(31)35/h2,4-5,8-11,20,22-24H,3,6-7,12-19H2,1H3,(H,29,33)/t20-,23-,24+/m0/s1. The first kappa shape index (κ1) is 25.1. The summed E-state index contributed by atoms with van der Waals surface area (Å²) in [6, 6.07) is 9.43. The summed E-state index contributed by atoms with van der Waals surface area (Å²) in [5, 5.41) is 3.14. The predicted octanol–water partition coefficient (Wildman–Crippen LogP) is 3.24. The predicted molar refractivity (Wildman–Crippen MR) is 133 cm³/mol. The minimum absolute atomic E-state index is 0.0280. The van der Waals surface area contributed by atoms with Crippen molar-refractivity contribution in [2.24, 2.45) is 11.8 Å². The van der Waals surface area contributed by atoms with Crippen LogP contribution in [0.3, 0.4) is 0 Å². The van der Waals surface area contributed by atoms with E-state index in [4.69, 9.17) is 0 Å². The molecule has 1 aromatic rings. The number of likely N-dealkylation sites (tertiary alicyclic amines) is 1. The number of fused-ring (bicyclic) bond motifs is 1. The molecule has 7 nitrogen and oxygen atoms in total. The van der Waals surface area contributed by atoms with Gasteiger partial charge in [0.05, 0.1) is 11.8 Å². The maximum Gasteiger partial charge on any atom is 0.242 e. The second-order valence-electron chi connectivity index (χ2n) is 10.1. The van der Waals surface area contributed by atoms with Gasteiger partial charge < -0.3 is 10.2 Å². The number of rotatable bonds is 9. The number of hydrogen-bond donors (Lipinski definition) is 1. The van der Waals surface area contributed by atoms with Gasteiger partial charge in [-0.05, 0) is 44.6 Å². The average molecular weight is 480 g/mol. The number of nitrogens with zero attached hydrogens (tertiary/aromatic N) is 2. The van der Waals surface area contributed by atoms with Gasteiger partial charge in [0.2, 0.25) is 23.6 Å². The van der Waals surface area contributed by atoms with Crippen LogP contribution in [0.25, 0.3) is 0 Å². The Hall–Kier alpha value is -2.96. The molecular formula is C28H37N3O4. The van der Waals surface area contributed by atoms with Gasteiger partial charge in [0.15, 0.2) is 0 Å². The van der Waals surface area contributed by atoms with Crippen LogP contribution in [-0.4, -0.2) is 58.6 Å². The van der Waals surface area contributed by atoms with E-state index < -0.39 is 6.04 Å². The smallest absolute Gasteiger partial charge is 0.242 e. The third-order valence-electron chi connectivity index (χ3n) is 7.75. The fourth-order valence-electron chi connectivity index (χ4n) is 5.58. The van der Waals surface area contributed by atoms with Gasteiger partial charge in [-0.3, -0.25) is 24.1 Å². The van der Waals surface area contributed by atoms with Crippen LogP contribution in [0.4, 0.5) is 0 Å². The van der Waals surface area contributed by atoms with Crippen molar-refractivity contribution in [1.82, 2.24) is 15.1 Å². The van der Waals surface area contributed by atoms with Crippen LogP contribution < -0.4 is 5.32 Å². The van der Waals surface area contributed by atoms with Crippen LogP contribution >= 0.6 is 0 Å². The summed E-state index contributed by atoms with van der Waals surface area (Å²) in [6.07, 6.45) is 11.1. The lowest BCUT2D eigenvalue weighted by Crippen LogP contribution is -2.51. The molecule has 2 fully saturated rings. The molecule has 1 saturated carbocycles. The fourth-order valence-corrected chi connectivity index (χ4v) is 5.58. The summed E-state index contributed by atoms with van der Waals surface area (Å²) < 4.78 is 0. The van der Waals surface area contributed by atoms with Crippen molar-refractivity contribution in [2.45, 2.75) is 76.8 Å². The number of allylic oxidation sites excluding steroid dienone is 2. The molecule has 2 aliphatic carbocycles. The molecule has 4 rings (SSSR count). The second kappa shape index (κ2) is 11.6. The van der Waals surface area contributed by atoms with Crippen molar-refractivity contribution in [3.8, 4) is 0 Å². The largest absolute Gasteiger partial charge is 0.352 e. The average Bonchev–Trinajstić information content (AvgIpc) is 3.13. The molecule has 0 spiro atoms. The molecule has 0 unspecified atom stereocenters. The highest BCUT2D eigenvalue weighted by atomic mass is 16.2. The molecule has 1 aliphatic heterocycles. The molecule has 0 aromatic heterocycles. The Morgan fingerprint density at radius 1 is 1.00 bits per heavy atom. The molecule has 3 aliphatic rings. The number of carbonyl (C=O) groups is 4. The first-order valence-electron chi connectivity index (χ1n) is 13.1. The summed E-state index contributed by atoms with van der Waals surface area (Å²) in [7, 11) is 0. The Morgan fingerprint density at radius 2 is 1.63 bits per heavy atom. The molecule has 3 atom stereocenters. The van der Waals surface area contributed by atoms with Crippen LogP contribution in [0.1, 0.15) is 63.9 Å². The first-order valence-corrected chi connectivity index (χ1v) is 13.1. The van der Waals surface area contributed by atoms with Crippen LogP contribution in [0.15, 0.2) is 42.5 Å². The van der Waals surface area contributed by atoms with E-state index >= 15 is 0 Å². The van der Waals surface area contributed by atoms with E-state index in [-0.39, 0.29) is 54.5 Å². The van der Waals surface area contributed by atoms with Crippen molar-refractivity contribution in [2.75, 3.05) is 13.1 Å². The highest BCUT2D eigenvalue weighted by Gasteiger charge is 2.47. The molecule has 188 valence electrons. The lowest BCUT2D eigenvalue weighted by atomic mass is 9.85. The van der Waals surface area contributed by atoms with Gasteiger partial charge >= 0.3 is 0 Å². The zero-order chi connectivity index (χ0) is 24.8. The minimum Gasteiger partial charge on any atom is -0.352 e. The monoisotopic (exact) mass is 479 g/mol. The number of hydrogen-bond acceptors (Lipinski definition) is 4. The Labute approximate surface area is 207 Å². The molecule has 7 heteroatoms. The molecule has 1 aromatic carbocycles. The van der Waals surface area contributed by atoms with E-state index in [0.29, 0.717) is 25.8 Å². The molecule has 4 amide bonds. The SMILES string of the molecule is C[C@@H](C(=O)NC1CCCCC1)N(CCc1ccccc1)C(=O)CCN1C(=O)[C@H]2CC=CC[C@H]2C1=O. The zero-order valence-electron chi connectivity index (χ0n) is 20.7. The second-order valence-corrected chi connectivity index (χ2v) is 10.1. The zero-order valence-corrected chi connectivity index (χ0v) is 20.7.